The molecule has 0 amide bonds. The van der Waals surface area contributed by atoms with E-state index in [4.69, 9.17) is 14.5 Å². The molecule has 0 atom stereocenters. The molecule has 0 spiro atoms. The quantitative estimate of drug-likeness (QED) is 0.258. The van der Waals surface area contributed by atoms with Crippen molar-refractivity contribution in [2.75, 3.05) is 12.4 Å². The van der Waals surface area contributed by atoms with Crippen molar-refractivity contribution in [1.29, 1.82) is 0 Å². The number of methoxy groups -OCH3 is 1. The first-order valence-electron chi connectivity index (χ1n) is 11.2. The average molecular weight is 467 g/mol. The van der Waals surface area contributed by atoms with Gasteiger partial charge < -0.3 is 14.8 Å². The zero-order chi connectivity index (χ0) is 23.3. The lowest BCUT2D eigenvalue weighted by molar-refractivity contribution is 0.281. The number of thiazole rings is 1. The van der Waals surface area contributed by atoms with E-state index in [1.165, 1.54) is 10.3 Å². The van der Waals surface area contributed by atoms with Crippen molar-refractivity contribution < 1.29 is 9.47 Å². The number of aromatic nitrogens is 1. The second-order valence-corrected chi connectivity index (χ2v) is 9.17. The van der Waals surface area contributed by atoms with E-state index in [1.807, 2.05) is 30.3 Å². The number of anilines is 1. The van der Waals surface area contributed by atoms with E-state index >= 15 is 0 Å². The van der Waals surface area contributed by atoms with Crippen LogP contribution in [0.4, 0.5) is 5.69 Å². The number of ether oxygens (including phenoxy) is 2. The fourth-order valence-corrected chi connectivity index (χ4v) is 4.91. The lowest BCUT2D eigenvalue weighted by atomic mass is 10.1. The van der Waals surface area contributed by atoms with Crippen molar-refractivity contribution >= 4 is 27.2 Å². The van der Waals surface area contributed by atoms with Crippen molar-refractivity contribution in [3.63, 3.8) is 0 Å². The van der Waals surface area contributed by atoms with E-state index < -0.39 is 0 Å². The number of fused-ring (bicyclic) bond motifs is 1. The fourth-order valence-electron chi connectivity index (χ4n) is 3.84. The van der Waals surface area contributed by atoms with Crippen molar-refractivity contribution in [1.82, 2.24) is 4.98 Å². The molecule has 0 saturated heterocycles. The molecular weight excluding hydrogens is 440 g/mol. The summed E-state index contributed by atoms with van der Waals surface area (Å²) < 4.78 is 13.0. The van der Waals surface area contributed by atoms with Crippen LogP contribution in [0.3, 0.4) is 0 Å². The molecule has 1 heterocycles. The summed E-state index contributed by atoms with van der Waals surface area (Å²) in [6.45, 7) is 3.23. The summed E-state index contributed by atoms with van der Waals surface area (Å²) in [6, 6.07) is 30.9. The Kier molecular flexibility index (Phi) is 6.45. The van der Waals surface area contributed by atoms with E-state index in [1.54, 1.807) is 18.4 Å². The molecule has 0 saturated carbocycles. The fraction of sp³-hybridized carbons (Fsp3) is 0.138. The van der Waals surface area contributed by atoms with Crippen LogP contribution in [0.2, 0.25) is 0 Å². The van der Waals surface area contributed by atoms with E-state index in [0.29, 0.717) is 13.2 Å². The van der Waals surface area contributed by atoms with E-state index in [-0.39, 0.29) is 0 Å². The zero-order valence-electron chi connectivity index (χ0n) is 19.2. The Balaban J connectivity index is 1.29. The number of para-hydroxylation sites is 1. The molecule has 5 aromatic rings. The number of hydrogen-bond donors (Lipinski definition) is 1. The average Bonchev–Trinajstić information content (AvgIpc) is 3.30. The minimum absolute atomic E-state index is 0.491. The molecule has 0 aliphatic rings. The van der Waals surface area contributed by atoms with E-state index in [0.717, 1.165) is 44.4 Å². The summed E-state index contributed by atoms with van der Waals surface area (Å²) in [5.41, 5.74) is 6.63. The van der Waals surface area contributed by atoms with Crippen LogP contribution >= 0.6 is 11.3 Å². The Labute approximate surface area is 203 Å². The van der Waals surface area contributed by atoms with Crippen LogP contribution in [0.25, 0.3) is 20.8 Å². The molecule has 0 aliphatic heterocycles. The molecule has 34 heavy (non-hydrogen) atoms. The monoisotopic (exact) mass is 466 g/mol. The molecule has 1 N–H and O–H groups in total. The van der Waals surface area contributed by atoms with Gasteiger partial charge in [-0.1, -0.05) is 48.5 Å². The minimum Gasteiger partial charge on any atom is -0.493 e. The minimum atomic E-state index is 0.491. The Morgan fingerprint density at radius 3 is 2.50 bits per heavy atom. The number of benzene rings is 4. The first-order chi connectivity index (χ1) is 16.7. The second-order valence-electron chi connectivity index (χ2n) is 8.14. The van der Waals surface area contributed by atoms with Gasteiger partial charge in [-0.25, -0.2) is 4.98 Å². The predicted octanol–water partition coefficient (Wildman–Crippen LogP) is 7.47. The summed E-state index contributed by atoms with van der Waals surface area (Å²) in [5, 5.41) is 4.55. The molecule has 0 unspecified atom stereocenters. The highest BCUT2D eigenvalue weighted by Crippen LogP contribution is 2.33. The van der Waals surface area contributed by atoms with Crippen molar-refractivity contribution in [3.05, 3.63) is 108 Å². The van der Waals surface area contributed by atoms with Gasteiger partial charge in [-0.3, -0.25) is 0 Å². The summed E-state index contributed by atoms with van der Waals surface area (Å²) in [4.78, 5) is 4.79. The highest BCUT2D eigenvalue weighted by Gasteiger charge is 2.12. The first-order valence-corrected chi connectivity index (χ1v) is 12.1. The number of nitrogens with one attached hydrogen (secondary N) is 1. The second kappa shape index (κ2) is 9.98. The normalized spacial score (nSPS) is 10.9. The van der Waals surface area contributed by atoms with Crippen LogP contribution in [0, 0.1) is 6.92 Å². The van der Waals surface area contributed by atoms with Crippen molar-refractivity contribution in [2.24, 2.45) is 0 Å². The predicted molar refractivity (Wildman–Crippen MR) is 141 cm³/mol. The molecule has 0 bridgehead atoms. The number of rotatable bonds is 8. The van der Waals surface area contributed by atoms with E-state index in [9.17, 15) is 0 Å². The molecular formula is C29H26N2O2S. The van der Waals surface area contributed by atoms with Gasteiger partial charge in [0.25, 0.3) is 0 Å². The molecule has 0 radical (unpaired) electrons. The Morgan fingerprint density at radius 1 is 0.882 bits per heavy atom. The number of aryl methyl sites for hydroxylation is 1. The van der Waals surface area contributed by atoms with Gasteiger partial charge in [0, 0.05) is 23.4 Å². The van der Waals surface area contributed by atoms with Crippen LogP contribution in [-0.4, -0.2) is 12.1 Å². The summed E-state index contributed by atoms with van der Waals surface area (Å²) in [6.07, 6.45) is 0. The van der Waals surface area contributed by atoms with Gasteiger partial charge in [-0.2, -0.15) is 0 Å². The summed E-state index contributed by atoms with van der Waals surface area (Å²) in [7, 11) is 1.67. The molecule has 170 valence electrons. The maximum atomic E-state index is 6.18. The third-order valence-electron chi connectivity index (χ3n) is 5.67. The Bertz CT molecular complexity index is 1400. The highest BCUT2D eigenvalue weighted by atomic mass is 32.1. The molecule has 4 nitrogen and oxygen atoms in total. The van der Waals surface area contributed by atoms with Gasteiger partial charge in [0.1, 0.15) is 11.6 Å². The van der Waals surface area contributed by atoms with Gasteiger partial charge in [0.05, 0.1) is 17.3 Å². The van der Waals surface area contributed by atoms with Crippen LogP contribution in [0.1, 0.15) is 16.7 Å². The highest BCUT2D eigenvalue weighted by molar-refractivity contribution is 7.21. The molecule has 4 aromatic carbocycles. The van der Waals surface area contributed by atoms with Gasteiger partial charge >= 0.3 is 0 Å². The maximum absolute atomic E-state index is 6.18. The summed E-state index contributed by atoms with van der Waals surface area (Å²) in [5.74, 6) is 1.50. The molecule has 0 aliphatic carbocycles. The largest absolute Gasteiger partial charge is 0.493 e. The Hall–Kier alpha value is -3.83. The molecule has 1 aromatic heterocycles. The third kappa shape index (κ3) is 4.90. The van der Waals surface area contributed by atoms with E-state index in [2.05, 4.69) is 72.9 Å². The zero-order valence-corrected chi connectivity index (χ0v) is 20.1. The van der Waals surface area contributed by atoms with Crippen LogP contribution in [0.5, 0.6) is 11.5 Å². The van der Waals surface area contributed by atoms with Gasteiger partial charge in [0.2, 0.25) is 0 Å². The SMILES string of the molecule is COc1cccc(CNc2ccc(-c3nc4ccc(C)cc4s3)cc2)c1OCc1ccccc1. The van der Waals surface area contributed by atoms with Crippen LogP contribution < -0.4 is 14.8 Å². The molecule has 5 rings (SSSR count). The van der Waals surface area contributed by atoms with Crippen molar-refractivity contribution in [3.8, 4) is 22.1 Å². The molecule has 5 heteroatoms. The standard InChI is InChI=1S/C29H26N2O2S/c1-20-11-16-25-27(17-20)34-29(31-25)22-12-14-24(15-13-22)30-18-23-9-6-10-26(32-2)28(23)33-19-21-7-4-3-5-8-21/h3-17,30H,18-19H2,1-2H3. The Morgan fingerprint density at radius 2 is 1.71 bits per heavy atom. The third-order valence-corrected chi connectivity index (χ3v) is 6.73. The first kappa shape index (κ1) is 22.0. The smallest absolute Gasteiger partial charge is 0.166 e. The summed E-state index contributed by atoms with van der Waals surface area (Å²) >= 11 is 1.73. The van der Waals surface area contributed by atoms with Crippen LogP contribution in [-0.2, 0) is 13.2 Å². The molecule has 0 fully saturated rings. The topological polar surface area (TPSA) is 43.4 Å². The number of nitrogens with zero attached hydrogens (tertiary/aromatic N) is 1. The van der Waals surface area contributed by atoms with Crippen molar-refractivity contribution in [2.45, 2.75) is 20.1 Å². The lowest BCUT2D eigenvalue weighted by Crippen LogP contribution is -2.05. The maximum Gasteiger partial charge on any atom is 0.166 e. The van der Waals surface area contributed by atoms with Crippen LogP contribution in [0.15, 0.2) is 91.0 Å². The van der Waals surface area contributed by atoms with Gasteiger partial charge in [0.15, 0.2) is 11.5 Å². The van der Waals surface area contributed by atoms with Gasteiger partial charge in [-0.15, -0.1) is 11.3 Å². The van der Waals surface area contributed by atoms with Gasteiger partial charge in [-0.05, 0) is 60.5 Å². The lowest BCUT2D eigenvalue weighted by Gasteiger charge is -2.16. The number of hydrogen-bond acceptors (Lipinski definition) is 5.